The number of rotatable bonds is 6. The molecule has 132 valence electrons. The Bertz CT molecular complexity index is 763. The average Bonchev–Trinajstić information content (AvgIpc) is 2.58. The molecule has 1 atom stereocenters. The van der Waals surface area contributed by atoms with Crippen molar-refractivity contribution >= 4 is 40.8 Å². The molecule has 25 heavy (non-hydrogen) atoms. The van der Waals surface area contributed by atoms with Crippen LogP contribution in [-0.2, 0) is 16.1 Å². The Kier molecular flexibility index (Phi) is 6.82. The van der Waals surface area contributed by atoms with Crippen LogP contribution in [-0.4, -0.2) is 32.6 Å². The lowest BCUT2D eigenvalue weighted by Gasteiger charge is -2.15. The van der Waals surface area contributed by atoms with Gasteiger partial charge in [-0.15, -0.1) is 0 Å². The number of esters is 1. The summed E-state index contributed by atoms with van der Waals surface area (Å²) in [4.78, 5) is 24.5. The molecular formula is C18H19Cl2N2O3+. The van der Waals surface area contributed by atoms with E-state index in [2.05, 4.69) is 10.1 Å². The zero-order valence-electron chi connectivity index (χ0n) is 13.9. The zero-order chi connectivity index (χ0) is 18.4. The Morgan fingerprint density at radius 3 is 2.44 bits per heavy atom. The first-order chi connectivity index (χ1) is 11.9. The number of anilines is 1. The molecule has 0 aliphatic heterocycles. The number of amides is 1. The summed E-state index contributed by atoms with van der Waals surface area (Å²) < 4.78 is 4.63. The Morgan fingerprint density at radius 2 is 1.80 bits per heavy atom. The maximum absolute atomic E-state index is 12.2. The van der Waals surface area contributed by atoms with Crippen molar-refractivity contribution in [2.45, 2.75) is 6.54 Å². The van der Waals surface area contributed by atoms with Gasteiger partial charge in [-0.25, -0.2) is 4.79 Å². The van der Waals surface area contributed by atoms with Crippen LogP contribution in [0.2, 0.25) is 10.0 Å². The van der Waals surface area contributed by atoms with E-state index in [1.165, 1.54) is 7.11 Å². The summed E-state index contributed by atoms with van der Waals surface area (Å²) in [5.74, 6) is -0.554. The van der Waals surface area contributed by atoms with E-state index < -0.39 is 5.97 Å². The molecular weight excluding hydrogens is 363 g/mol. The summed E-state index contributed by atoms with van der Waals surface area (Å²) in [6.45, 7) is 0.843. The summed E-state index contributed by atoms with van der Waals surface area (Å²) in [7, 11) is 3.22. The number of benzene rings is 2. The van der Waals surface area contributed by atoms with Crippen LogP contribution in [0.3, 0.4) is 0 Å². The smallest absolute Gasteiger partial charge is 0.337 e. The van der Waals surface area contributed by atoms with Crippen LogP contribution in [0, 0.1) is 0 Å². The molecule has 0 saturated carbocycles. The quantitative estimate of drug-likeness (QED) is 0.755. The summed E-state index contributed by atoms with van der Waals surface area (Å²) in [6.07, 6.45) is 0. The minimum atomic E-state index is -0.416. The second-order valence-corrected chi connectivity index (χ2v) is 6.43. The van der Waals surface area contributed by atoms with E-state index in [0.717, 1.165) is 10.5 Å². The Balaban J connectivity index is 1.91. The highest BCUT2D eigenvalue weighted by atomic mass is 35.5. The lowest BCUT2D eigenvalue weighted by molar-refractivity contribution is -0.885. The van der Waals surface area contributed by atoms with Gasteiger partial charge < -0.3 is 15.0 Å². The van der Waals surface area contributed by atoms with Gasteiger partial charge in [-0.3, -0.25) is 4.79 Å². The zero-order valence-corrected chi connectivity index (χ0v) is 15.4. The van der Waals surface area contributed by atoms with E-state index >= 15 is 0 Å². The summed E-state index contributed by atoms with van der Waals surface area (Å²) in [6, 6.07) is 12.0. The van der Waals surface area contributed by atoms with Crippen molar-refractivity contribution in [3.63, 3.8) is 0 Å². The normalized spacial score (nSPS) is 11.7. The standard InChI is InChI=1S/C18H18Cl2N2O3/c1-22(10-13-4-3-5-15(19)17(13)20)11-16(23)21-14-8-6-12(7-9-14)18(24)25-2/h3-9H,10-11H2,1-2H3,(H,21,23)/p+1. The van der Waals surface area contributed by atoms with Gasteiger partial charge in [0.15, 0.2) is 6.54 Å². The third-order valence-electron chi connectivity index (χ3n) is 3.58. The third kappa shape index (κ3) is 5.46. The molecule has 0 aliphatic rings. The number of hydrogen-bond donors (Lipinski definition) is 2. The maximum Gasteiger partial charge on any atom is 0.337 e. The number of methoxy groups -OCH3 is 1. The van der Waals surface area contributed by atoms with Crippen molar-refractivity contribution in [3.05, 3.63) is 63.6 Å². The highest BCUT2D eigenvalue weighted by Crippen LogP contribution is 2.24. The fourth-order valence-corrected chi connectivity index (χ4v) is 2.75. The average molecular weight is 382 g/mol. The number of carbonyl (C=O) groups excluding carboxylic acids is 2. The molecule has 0 spiro atoms. The molecule has 0 aliphatic carbocycles. The van der Waals surface area contributed by atoms with Gasteiger partial charge >= 0.3 is 5.97 Å². The van der Waals surface area contributed by atoms with Crippen LogP contribution in [0.1, 0.15) is 15.9 Å². The molecule has 0 aromatic heterocycles. The van der Waals surface area contributed by atoms with E-state index in [9.17, 15) is 9.59 Å². The number of quaternary nitrogens is 1. The number of carbonyl (C=O) groups is 2. The summed E-state index contributed by atoms with van der Waals surface area (Å²) >= 11 is 12.2. The first-order valence-electron chi connectivity index (χ1n) is 7.63. The van der Waals surface area contributed by atoms with Crippen molar-refractivity contribution in [3.8, 4) is 0 Å². The van der Waals surface area contributed by atoms with E-state index in [0.29, 0.717) is 27.8 Å². The lowest BCUT2D eigenvalue weighted by Crippen LogP contribution is -3.08. The summed E-state index contributed by atoms with van der Waals surface area (Å²) in [5, 5.41) is 3.82. The maximum atomic E-state index is 12.2. The molecule has 0 bridgehead atoms. The van der Waals surface area contributed by atoms with Crippen molar-refractivity contribution in [1.29, 1.82) is 0 Å². The van der Waals surface area contributed by atoms with Crippen molar-refractivity contribution in [2.75, 3.05) is 26.0 Å². The molecule has 7 heteroatoms. The second-order valence-electron chi connectivity index (χ2n) is 5.64. The number of hydrogen-bond acceptors (Lipinski definition) is 3. The topological polar surface area (TPSA) is 59.8 Å². The van der Waals surface area contributed by atoms with Gasteiger partial charge in [0, 0.05) is 11.3 Å². The Labute approximate surface area is 156 Å². The van der Waals surface area contributed by atoms with Crippen LogP contribution < -0.4 is 10.2 Å². The first-order valence-corrected chi connectivity index (χ1v) is 8.38. The van der Waals surface area contributed by atoms with Gasteiger partial charge in [0.2, 0.25) is 0 Å². The van der Waals surface area contributed by atoms with Crippen LogP contribution in [0.15, 0.2) is 42.5 Å². The molecule has 0 saturated heterocycles. The second kappa shape index (κ2) is 8.85. The van der Waals surface area contributed by atoms with Gasteiger partial charge in [-0.1, -0.05) is 35.3 Å². The Hall–Kier alpha value is -2.08. The SMILES string of the molecule is COC(=O)c1ccc(NC(=O)C[NH+](C)Cc2cccc(Cl)c2Cl)cc1. The minimum absolute atomic E-state index is 0.138. The molecule has 2 aromatic rings. The molecule has 2 N–H and O–H groups in total. The molecule has 5 nitrogen and oxygen atoms in total. The molecule has 0 fully saturated rings. The molecule has 1 unspecified atom stereocenters. The van der Waals surface area contributed by atoms with Gasteiger partial charge in [0.1, 0.15) is 6.54 Å². The number of ether oxygens (including phenoxy) is 1. The molecule has 0 heterocycles. The third-order valence-corrected chi connectivity index (χ3v) is 4.43. The fourth-order valence-electron chi connectivity index (χ4n) is 2.36. The number of nitrogens with one attached hydrogen (secondary N) is 2. The monoisotopic (exact) mass is 381 g/mol. The van der Waals surface area contributed by atoms with Crippen LogP contribution in [0.4, 0.5) is 5.69 Å². The highest BCUT2D eigenvalue weighted by molar-refractivity contribution is 6.42. The van der Waals surface area contributed by atoms with Crippen molar-refractivity contribution in [2.24, 2.45) is 0 Å². The van der Waals surface area contributed by atoms with E-state index in [4.69, 9.17) is 23.2 Å². The molecule has 0 radical (unpaired) electrons. The van der Waals surface area contributed by atoms with E-state index in [1.54, 1.807) is 30.3 Å². The van der Waals surface area contributed by atoms with Crippen molar-refractivity contribution in [1.82, 2.24) is 0 Å². The Morgan fingerprint density at radius 1 is 1.12 bits per heavy atom. The molecule has 1 amide bonds. The van der Waals surface area contributed by atoms with Gasteiger partial charge in [-0.05, 0) is 30.3 Å². The number of halogens is 2. The van der Waals surface area contributed by atoms with Gasteiger partial charge in [0.05, 0.1) is 29.8 Å². The largest absolute Gasteiger partial charge is 0.465 e. The van der Waals surface area contributed by atoms with Crippen LogP contribution in [0.25, 0.3) is 0 Å². The van der Waals surface area contributed by atoms with E-state index in [1.807, 2.05) is 19.2 Å². The predicted octanol–water partition coefficient (Wildman–Crippen LogP) is 2.43. The van der Waals surface area contributed by atoms with Gasteiger partial charge in [0.25, 0.3) is 5.91 Å². The van der Waals surface area contributed by atoms with E-state index in [-0.39, 0.29) is 12.5 Å². The molecule has 2 rings (SSSR count). The molecule has 2 aromatic carbocycles. The van der Waals surface area contributed by atoms with Crippen LogP contribution in [0.5, 0.6) is 0 Å². The summed E-state index contributed by atoms with van der Waals surface area (Å²) in [5.41, 5.74) is 1.94. The highest BCUT2D eigenvalue weighted by Gasteiger charge is 2.14. The predicted molar refractivity (Wildman–Crippen MR) is 98.3 cm³/mol. The van der Waals surface area contributed by atoms with Gasteiger partial charge in [-0.2, -0.15) is 0 Å². The minimum Gasteiger partial charge on any atom is -0.465 e. The fraction of sp³-hybridized carbons (Fsp3) is 0.222. The van der Waals surface area contributed by atoms with Crippen molar-refractivity contribution < 1.29 is 19.2 Å². The first kappa shape index (κ1) is 19.2. The number of likely N-dealkylation sites (N-methyl/N-ethyl adjacent to an activating group) is 1. The lowest BCUT2D eigenvalue weighted by atomic mass is 10.2. The van der Waals surface area contributed by atoms with Crippen LogP contribution >= 0.6 is 23.2 Å².